The summed E-state index contributed by atoms with van der Waals surface area (Å²) in [5, 5.41) is 0. The Bertz CT molecular complexity index is 669. The lowest BCUT2D eigenvalue weighted by Gasteiger charge is -2.38. The van der Waals surface area contributed by atoms with Crippen molar-refractivity contribution in [3.05, 3.63) is 35.9 Å². The average Bonchev–Trinajstić information content (AvgIpc) is 2.72. The molecule has 8 heteroatoms. The highest BCUT2D eigenvalue weighted by Crippen LogP contribution is 2.37. The summed E-state index contributed by atoms with van der Waals surface area (Å²) in [4.78, 5) is 28.0. The van der Waals surface area contributed by atoms with Gasteiger partial charge in [-0.25, -0.2) is 13.6 Å². The van der Waals surface area contributed by atoms with Gasteiger partial charge in [-0.2, -0.15) is 0 Å². The Labute approximate surface area is 163 Å². The van der Waals surface area contributed by atoms with E-state index in [4.69, 9.17) is 10.5 Å². The predicted molar refractivity (Wildman–Crippen MR) is 99.7 cm³/mol. The summed E-state index contributed by atoms with van der Waals surface area (Å²) in [5.41, 5.74) is 6.99. The Morgan fingerprint density at radius 2 is 1.64 bits per heavy atom. The van der Waals surface area contributed by atoms with E-state index in [-0.39, 0.29) is 44.1 Å². The number of ether oxygens (including phenoxy) is 1. The monoisotopic (exact) mass is 395 g/mol. The molecule has 2 amide bonds. The SMILES string of the molecule is N[C@H](C(=O)N1CCN(C(=O)OCc2ccccc2)CC1)C1CCC(F)(F)CC1. The van der Waals surface area contributed by atoms with Crippen LogP contribution in [0, 0.1) is 5.92 Å². The third-order valence-electron chi connectivity index (χ3n) is 5.61. The van der Waals surface area contributed by atoms with E-state index in [0.29, 0.717) is 26.2 Å². The van der Waals surface area contributed by atoms with Crippen molar-refractivity contribution in [1.82, 2.24) is 9.80 Å². The van der Waals surface area contributed by atoms with Gasteiger partial charge in [0.1, 0.15) is 6.61 Å². The lowest BCUT2D eigenvalue weighted by Crippen LogP contribution is -2.56. The highest BCUT2D eigenvalue weighted by atomic mass is 19.3. The Kier molecular flexibility index (Phi) is 6.49. The van der Waals surface area contributed by atoms with Crippen molar-refractivity contribution >= 4 is 12.0 Å². The lowest BCUT2D eigenvalue weighted by molar-refractivity contribution is -0.137. The maximum Gasteiger partial charge on any atom is 0.410 e. The van der Waals surface area contributed by atoms with Gasteiger partial charge in [-0.05, 0) is 24.3 Å². The van der Waals surface area contributed by atoms with Crippen molar-refractivity contribution in [2.45, 2.75) is 44.3 Å². The van der Waals surface area contributed by atoms with Crippen molar-refractivity contribution < 1.29 is 23.1 Å². The minimum absolute atomic E-state index is 0.204. The Morgan fingerprint density at radius 3 is 2.25 bits per heavy atom. The zero-order chi connectivity index (χ0) is 20.1. The number of carbonyl (C=O) groups excluding carboxylic acids is 2. The molecular weight excluding hydrogens is 368 g/mol. The van der Waals surface area contributed by atoms with Gasteiger partial charge in [0, 0.05) is 39.0 Å². The van der Waals surface area contributed by atoms with E-state index < -0.39 is 18.1 Å². The quantitative estimate of drug-likeness (QED) is 0.850. The Morgan fingerprint density at radius 1 is 1.07 bits per heavy atom. The van der Waals surface area contributed by atoms with Crippen LogP contribution in [0.15, 0.2) is 30.3 Å². The summed E-state index contributed by atoms with van der Waals surface area (Å²) < 4.78 is 31.9. The summed E-state index contributed by atoms with van der Waals surface area (Å²) in [7, 11) is 0. The highest BCUT2D eigenvalue weighted by molar-refractivity contribution is 5.82. The summed E-state index contributed by atoms with van der Waals surface area (Å²) >= 11 is 0. The van der Waals surface area contributed by atoms with Gasteiger partial charge in [-0.1, -0.05) is 30.3 Å². The Hall–Kier alpha value is -2.22. The molecule has 1 aliphatic heterocycles. The normalized spacial score (nSPS) is 21.2. The van der Waals surface area contributed by atoms with Gasteiger partial charge in [-0.3, -0.25) is 4.79 Å². The number of nitrogens with zero attached hydrogens (tertiary/aromatic N) is 2. The first-order chi connectivity index (χ1) is 13.4. The van der Waals surface area contributed by atoms with E-state index in [1.165, 1.54) is 0 Å². The molecule has 2 fully saturated rings. The molecule has 3 rings (SSSR count). The number of hydrogen-bond donors (Lipinski definition) is 1. The average molecular weight is 395 g/mol. The number of benzene rings is 1. The molecule has 28 heavy (non-hydrogen) atoms. The van der Waals surface area contributed by atoms with Crippen LogP contribution in [0.2, 0.25) is 0 Å². The van der Waals surface area contributed by atoms with Crippen LogP contribution in [0.25, 0.3) is 0 Å². The molecule has 1 aromatic carbocycles. The second kappa shape index (κ2) is 8.86. The van der Waals surface area contributed by atoms with E-state index in [2.05, 4.69) is 0 Å². The minimum atomic E-state index is -2.63. The lowest BCUT2D eigenvalue weighted by atomic mass is 9.82. The Balaban J connectivity index is 1.43. The van der Waals surface area contributed by atoms with Crippen LogP contribution in [0.1, 0.15) is 31.2 Å². The molecule has 154 valence electrons. The van der Waals surface area contributed by atoms with Gasteiger partial charge in [0.2, 0.25) is 11.8 Å². The molecule has 0 radical (unpaired) electrons. The van der Waals surface area contributed by atoms with E-state index in [9.17, 15) is 18.4 Å². The molecule has 2 N–H and O–H groups in total. The van der Waals surface area contributed by atoms with Crippen molar-refractivity contribution in [3.63, 3.8) is 0 Å². The number of piperazine rings is 1. The molecule has 1 saturated heterocycles. The van der Waals surface area contributed by atoms with Crippen molar-refractivity contribution in [2.24, 2.45) is 11.7 Å². The van der Waals surface area contributed by atoms with E-state index in [1.54, 1.807) is 9.80 Å². The van der Waals surface area contributed by atoms with Crippen molar-refractivity contribution in [1.29, 1.82) is 0 Å². The van der Waals surface area contributed by atoms with Crippen LogP contribution in [0.5, 0.6) is 0 Å². The van der Waals surface area contributed by atoms with E-state index >= 15 is 0 Å². The van der Waals surface area contributed by atoms with E-state index in [0.717, 1.165) is 5.56 Å². The zero-order valence-corrected chi connectivity index (χ0v) is 15.9. The van der Waals surface area contributed by atoms with Gasteiger partial charge in [-0.15, -0.1) is 0 Å². The molecule has 1 aliphatic carbocycles. The fourth-order valence-corrected chi connectivity index (χ4v) is 3.75. The zero-order valence-electron chi connectivity index (χ0n) is 15.9. The number of nitrogens with two attached hydrogens (primary N) is 1. The summed E-state index contributed by atoms with van der Waals surface area (Å²) in [6.45, 7) is 1.69. The summed E-state index contributed by atoms with van der Waals surface area (Å²) in [5.74, 6) is -3.06. The standard InChI is InChI=1S/C20H27F2N3O3/c21-20(22)8-6-16(7-9-20)17(23)18(26)24-10-12-25(13-11-24)19(27)28-14-15-4-2-1-3-5-15/h1-5,16-17H,6-14,23H2/t17-/m0/s1. The van der Waals surface area contributed by atoms with Gasteiger partial charge in [0.05, 0.1) is 6.04 Å². The van der Waals surface area contributed by atoms with Gasteiger partial charge < -0.3 is 20.3 Å². The highest BCUT2D eigenvalue weighted by Gasteiger charge is 2.39. The molecule has 6 nitrogen and oxygen atoms in total. The van der Waals surface area contributed by atoms with E-state index in [1.807, 2.05) is 30.3 Å². The smallest absolute Gasteiger partial charge is 0.410 e. The number of halogens is 2. The summed E-state index contributed by atoms with van der Waals surface area (Å²) in [6.07, 6.45) is -0.286. The molecule has 0 unspecified atom stereocenters. The molecule has 1 aromatic rings. The van der Waals surface area contributed by atoms with Crippen LogP contribution in [0.4, 0.5) is 13.6 Å². The second-order valence-corrected chi connectivity index (χ2v) is 7.57. The first-order valence-corrected chi connectivity index (χ1v) is 9.73. The first-order valence-electron chi connectivity index (χ1n) is 9.73. The second-order valence-electron chi connectivity index (χ2n) is 7.57. The molecule has 1 heterocycles. The fourth-order valence-electron chi connectivity index (χ4n) is 3.75. The molecule has 0 aromatic heterocycles. The molecular formula is C20H27F2N3O3. The van der Waals surface area contributed by atoms with Crippen molar-refractivity contribution in [2.75, 3.05) is 26.2 Å². The van der Waals surface area contributed by atoms with Gasteiger partial charge >= 0.3 is 6.09 Å². The molecule has 2 aliphatic rings. The number of amides is 2. The molecule has 1 atom stereocenters. The first kappa shape index (κ1) is 20.5. The fraction of sp³-hybridized carbons (Fsp3) is 0.600. The summed E-state index contributed by atoms with van der Waals surface area (Å²) in [6, 6.07) is 8.66. The number of carbonyl (C=O) groups is 2. The van der Waals surface area contributed by atoms with Crippen LogP contribution in [-0.2, 0) is 16.1 Å². The molecule has 0 spiro atoms. The molecule has 0 bridgehead atoms. The van der Waals surface area contributed by atoms with Crippen LogP contribution in [0.3, 0.4) is 0 Å². The third-order valence-corrected chi connectivity index (χ3v) is 5.61. The van der Waals surface area contributed by atoms with Gasteiger partial charge in [0.25, 0.3) is 0 Å². The van der Waals surface area contributed by atoms with Crippen LogP contribution in [-0.4, -0.2) is 59.9 Å². The van der Waals surface area contributed by atoms with Crippen LogP contribution < -0.4 is 5.73 Å². The topological polar surface area (TPSA) is 75.9 Å². The van der Waals surface area contributed by atoms with Gasteiger partial charge in [0.15, 0.2) is 0 Å². The third kappa shape index (κ3) is 5.19. The number of rotatable bonds is 4. The predicted octanol–water partition coefficient (Wildman–Crippen LogP) is 2.62. The van der Waals surface area contributed by atoms with Crippen molar-refractivity contribution in [3.8, 4) is 0 Å². The molecule has 1 saturated carbocycles. The maximum atomic E-state index is 13.3. The number of alkyl halides is 2. The minimum Gasteiger partial charge on any atom is -0.445 e. The largest absolute Gasteiger partial charge is 0.445 e. The number of hydrogen-bond acceptors (Lipinski definition) is 4. The maximum absolute atomic E-state index is 13.3. The van der Waals surface area contributed by atoms with Crippen LogP contribution >= 0.6 is 0 Å².